The highest BCUT2D eigenvalue weighted by Gasteiger charge is 2.06. The van der Waals surface area contributed by atoms with Crippen molar-refractivity contribution in [1.29, 1.82) is 0 Å². The molecule has 0 unspecified atom stereocenters. The number of anilines is 3. The van der Waals surface area contributed by atoms with Gasteiger partial charge in [-0.05, 0) is 18.2 Å². The van der Waals surface area contributed by atoms with Crippen molar-refractivity contribution in [3.05, 3.63) is 36.3 Å². The van der Waals surface area contributed by atoms with E-state index in [1.165, 1.54) is 24.4 Å². The Bertz CT molecular complexity index is 539. The molecule has 17 heavy (non-hydrogen) atoms. The molecule has 2 aromatic rings. The number of aromatic amines is 1. The summed E-state index contributed by atoms with van der Waals surface area (Å²) in [6.07, 6.45) is 1.37. The Labute approximate surface area is 96.0 Å². The van der Waals surface area contributed by atoms with Crippen LogP contribution < -0.4 is 16.4 Å². The topological polar surface area (TPSA) is 95.8 Å². The molecule has 0 spiro atoms. The number of carbonyl (C=O) groups is 1. The average Bonchev–Trinajstić information content (AvgIpc) is 2.64. The number of benzene rings is 1. The van der Waals surface area contributed by atoms with E-state index in [-0.39, 0.29) is 0 Å². The summed E-state index contributed by atoms with van der Waals surface area (Å²) in [7, 11) is 0. The average molecular weight is 235 g/mol. The van der Waals surface area contributed by atoms with Gasteiger partial charge in [0.05, 0.1) is 11.9 Å². The number of hydrogen-bond acceptors (Lipinski definition) is 3. The molecular weight excluding hydrogens is 225 g/mol. The molecule has 0 saturated heterocycles. The van der Waals surface area contributed by atoms with E-state index in [1.54, 1.807) is 6.07 Å². The Morgan fingerprint density at radius 1 is 1.41 bits per heavy atom. The molecule has 1 aromatic heterocycles. The molecule has 5 N–H and O–H groups in total. The first kappa shape index (κ1) is 10.9. The zero-order valence-electron chi connectivity index (χ0n) is 8.70. The Morgan fingerprint density at radius 2 is 2.24 bits per heavy atom. The molecule has 88 valence electrons. The van der Waals surface area contributed by atoms with Crippen molar-refractivity contribution < 1.29 is 9.18 Å². The first-order chi connectivity index (χ1) is 8.15. The van der Waals surface area contributed by atoms with Gasteiger partial charge in [0.15, 0.2) is 5.82 Å². The summed E-state index contributed by atoms with van der Waals surface area (Å²) < 4.78 is 12.9. The number of nitrogens with zero attached hydrogens (tertiary/aromatic N) is 1. The van der Waals surface area contributed by atoms with Crippen molar-refractivity contribution >= 4 is 23.2 Å². The van der Waals surface area contributed by atoms with Gasteiger partial charge in [-0.3, -0.25) is 10.4 Å². The highest BCUT2D eigenvalue weighted by molar-refractivity contribution is 6.00. The van der Waals surface area contributed by atoms with Crippen LogP contribution in [0.4, 0.5) is 26.4 Å². The van der Waals surface area contributed by atoms with Gasteiger partial charge in [0.25, 0.3) is 0 Å². The summed E-state index contributed by atoms with van der Waals surface area (Å²) in [6, 6.07) is 5.02. The summed E-state index contributed by atoms with van der Waals surface area (Å²) in [5.74, 6) is -0.136. The smallest absolute Gasteiger partial charge is 0.324 e. The van der Waals surface area contributed by atoms with Gasteiger partial charge in [0.1, 0.15) is 5.82 Å². The second-order valence-corrected chi connectivity index (χ2v) is 3.29. The van der Waals surface area contributed by atoms with Crippen molar-refractivity contribution in [1.82, 2.24) is 10.2 Å². The van der Waals surface area contributed by atoms with Crippen LogP contribution in [0, 0.1) is 5.82 Å². The molecule has 0 aliphatic heterocycles. The highest BCUT2D eigenvalue weighted by Crippen LogP contribution is 2.13. The van der Waals surface area contributed by atoms with Gasteiger partial charge in [0.2, 0.25) is 0 Å². The molecule has 7 heteroatoms. The maximum atomic E-state index is 12.9. The maximum absolute atomic E-state index is 12.9. The number of H-pyrrole nitrogens is 1. The molecule has 0 bridgehead atoms. The number of nitrogen functional groups attached to an aromatic ring is 1. The summed E-state index contributed by atoms with van der Waals surface area (Å²) in [5, 5.41) is 11.1. The maximum Gasteiger partial charge on any atom is 0.324 e. The molecule has 2 amide bonds. The standard InChI is InChI=1S/C10H10FN5O/c11-6-2-1-3-7(4-6)14-10(17)15-9-8(12)5-13-16-9/h1-5H,12H2,(H3,13,14,15,16,17). The number of nitrogens with one attached hydrogen (secondary N) is 3. The van der Waals surface area contributed by atoms with E-state index in [2.05, 4.69) is 20.8 Å². The molecule has 0 aliphatic carbocycles. The van der Waals surface area contributed by atoms with E-state index in [0.717, 1.165) is 0 Å². The minimum atomic E-state index is -0.536. The molecule has 2 rings (SSSR count). The minimum absolute atomic E-state index is 0.291. The number of urea groups is 1. The second-order valence-electron chi connectivity index (χ2n) is 3.29. The van der Waals surface area contributed by atoms with Crippen LogP contribution in [0.1, 0.15) is 0 Å². The first-order valence-corrected chi connectivity index (χ1v) is 4.77. The summed E-state index contributed by atoms with van der Waals surface area (Å²) in [6.45, 7) is 0. The Balaban J connectivity index is 2.01. The van der Waals surface area contributed by atoms with E-state index >= 15 is 0 Å². The SMILES string of the molecule is Nc1cn[nH]c1NC(=O)Nc1cccc(F)c1. The highest BCUT2D eigenvalue weighted by atomic mass is 19.1. The van der Waals surface area contributed by atoms with Gasteiger partial charge < -0.3 is 11.1 Å². The third kappa shape index (κ3) is 2.71. The van der Waals surface area contributed by atoms with E-state index in [0.29, 0.717) is 17.2 Å². The lowest BCUT2D eigenvalue weighted by atomic mass is 10.3. The fourth-order valence-electron chi connectivity index (χ4n) is 1.24. The van der Waals surface area contributed by atoms with Gasteiger partial charge in [-0.25, -0.2) is 9.18 Å². The molecule has 0 saturated carbocycles. The molecule has 0 atom stereocenters. The molecule has 6 nitrogen and oxygen atoms in total. The van der Waals surface area contributed by atoms with Crippen LogP contribution >= 0.6 is 0 Å². The summed E-state index contributed by atoms with van der Waals surface area (Å²) in [5.41, 5.74) is 6.18. The number of amides is 2. The predicted molar refractivity (Wildman–Crippen MR) is 62.0 cm³/mol. The van der Waals surface area contributed by atoms with Gasteiger partial charge in [-0.15, -0.1) is 0 Å². The van der Waals surface area contributed by atoms with Gasteiger partial charge in [-0.2, -0.15) is 5.10 Å². The van der Waals surface area contributed by atoms with Gasteiger partial charge >= 0.3 is 6.03 Å². The van der Waals surface area contributed by atoms with Gasteiger partial charge in [0, 0.05) is 5.69 Å². The third-order valence-electron chi connectivity index (χ3n) is 1.99. The van der Waals surface area contributed by atoms with E-state index in [1.807, 2.05) is 0 Å². The van der Waals surface area contributed by atoms with E-state index in [4.69, 9.17) is 5.73 Å². The lowest BCUT2D eigenvalue weighted by Crippen LogP contribution is -2.20. The molecular formula is C10H10FN5O. The molecule has 1 aromatic carbocycles. The number of hydrogen-bond donors (Lipinski definition) is 4. The van der Waals surface area contributed by atoms with E-state index in [9.17, 15) is 9.18 Å². The molecule has 0 fully saturated rings. The number of rotatable bonds is 2. The lowest BCUT2D eigenvalue weighted by molar-refractivity contribution is 0.262. The van der Waals surface area contributed by atoms with Crippen LogP contribution in [0.25, 0.3) is 0 Å². The zero-order chi connectivity index (χ0) is 12.3. The zero-order valence-corrected chi connectivity index (χ0v) is 8.70. The fraction of sp³-hybridized carbons (Fsp3) is 0. The first-order valence-electron chi connectivity index (χ1n) is 4.77. The summed E-state index contributed by atoms with van der Waals surface area (Å²) >= 11 is 0. The monoisotopic (exact) mass is 235 g/mol. The minimum Gasteiger partial charge on any atom is -0.394 e. The summed E-state index contributed by atoms with van der Waals surface area (Å²) in [4.78, 5) is 11.5. The quantitative estimate of drug-likeness (QED) is 0.638. The van der Waals surface area contributed by atoms with Crippen molar-refractivity contribution in [2.24, 2.45) is 0 Å². The normalized spacial score (nSPS) is 9.94. The number of halogens is 1. The van der Waals surface area contributed by atoms with Crippen LogP contribution in [0.2, 0.25) is 0 Å². The van der Waals surface area contributed by atoms with Crippen molar-refractivity contribution in [2.45, 2.75) is 0 Å². The largest absolute Gasteiger partial charge is 0.394 e. The van der Waals surface area contributed by atoms with Crippen LogP contribution in [-0.4, -0.2) is 16.2 Å². The van der Waals surface area contributed by atoms with Crippen LogP contribution in [0.3, 0.4) is 0 Å². The Kier molecular flexibility index (Phi) is 2.91. The predicted octanol–water partition coefficient (Wildman–Crippen LogP) is 1.77. The van der Waals surface area contributed by atoms with E-state index < -0.39 is 11.8 Å². The number of carbonyl (C=O) groups excluding carboxylic acids is 1. The van der Waals surface area contributed by atoms with Crippen molar-refractivity contribution in [3.8, 4) is 0 Å². The molecule has 1 heterocycles. The fourth-order valence-corrected chi connectivity index (χ4v) is 1.24. The Morgan fingerprint density at radius 3 is 2.88 bits per heavy atom. The number of nitrogens with two attached hydrogens (primary N) is 1. The number of aromatic nitrogens is 2. The Hall–Kier alpha value is -2.57. The molecule has 0 aliphatic rings. The lowest BCUT2D eigenvalue weighted by Gasteiger charge is -2.06. The van der Waals surface area contributed by atoms with Gasteiger partial charge in [-0.1, -0.05) is 6.07 Å². The van der Waals surface area contributed by atoms with Crippen LogP contribution in [0.5, 0.6) is 0 Å². The van der Waals surface area contributed by atoms with Crippen LogP contribution in [-0.2, 0) is 0 Å². The van der Waals surface area contributed by atoms with Crippen molar-refractivity contribution in [2.75, 3.05) is 16.4 Å². The third-order valence-corrected chi connectivity index (χ3v) is 1.99. The molecule has 0 radical (unpaired) electrons. The van der Waals surface area contributed by atoms with Crippen molar-refractivity contribution in [3.63, 3.8) is 0 Å². The second kappa shape index (κ2) is 4.52. The van der Waals surface area contributed by atoms with Crippen LogP contribution in [0.15, 0.2) is 30.5 Å².